The Hall–Kier alpha value is -2.56. The van der Waals surface area contributed by atoms with Crippen LogP contribution in [0.15, 0.2) is 54.6 Å². The molecule has 0 aliphatic heterocycles. The Balaban J connectivity index is 2.20. The summed E-state index contributed by atoms with van der Waals surface area (Å²) in [5.41, 5.74) is 2.00. The second-order valence-electron chi connectivity index (χ2n) is 5.60. The van der Waals surface area contributed by atoms with Crippen LogP contribution in [0.3, 0.4) is 0 Å². The predicted molar refractivity (Wildman–Crippen MR) is 88.1 cm³/mol. The highest BCUT2D eigenvalue weighted by atomic mass is 19.4. The fraction of sp³-hybridized carbons (Fsp3) is 0.211. The molecule has 3 rings (SSSR count). The molecular formula is C19H17F3N2. The van der Waals surface area contributed by atoms with Crippen LogP contribution in [0.1, 0.15) is 23.9 Å². The summed E-state index contributed by atoms with van der Waals surface area (Å²) < 4.78 is 41.8. The Kier molecular flexibility index (Phi) is 4.18. The normalized spacial score (nSPS) is 11.7. The first-order valence-electron chi connectivity index (χ1n) is 7.73. The van der Waals surface area contributed by atoms with Crippen molar-refractivity contribution in [3.05, 3.63) is 71.5 Å². The maximum atomic E-state index is 13.5. The van der Waals surface area contributed by atoms with Gasteiger partial charge in [0.25, 0.3) is 0 Å². The average molecular weight is 330 g/mol. The van der Waals surface area contributed by atoms with Crippen molar-refractivity contribution in [2.45, 2.75) is 26.4 Å². The molecule has 24 heavy (non-hydrogen) atoms. The number of halogens is 3. The van der Waals surface area contributed by atoms with E-state index < -0.39 is 11.9 Å². The number of rotatable bonds is 3. The molecule has 1 aromatic heterocycles. The molecule has 124 valence electrons. The van der Waals surface area contributed by atoms with Crippen LogP contribution in [0.25, 0.3) is 16.8 Å². The van der Waals surface area contributed by atoms with Crippen LogP contribution < -0.4 is 0 Å². The van der Waals surface area contributed by atoms with Gasteiger partial charge in [-0.1, -0.05) is 49.4 Å². The molecule has 0 fully saturated rings. The molecule has 0 unspecified atom stereocenters. The molecule has 0 radical (unpaired) electrons. The summed E-state index contributed by atoms with van der Waals surface area (Å²) in [6.07, 6.45) is -3.63. The van der Waals surface area contributed by atoms with E-state index in [-0.39, 0.29) is 5.56 Å². The van der Waals surface area contributed by atoms with Crippen molar-refractivity contribution in [3.8, 4) is 16.8 Å². The minimum Gasteiger partial charge on any atom is -0.237 e. The van der Waals surface area contributed by atoms with Crippen LogP contribution in [-0.4, -0.2) is 9.78 Å². The van der Waals surface area contributed by atoms with Gasteiger partial charge in [0.2, 0.25) is 0 Å². The molecule has 1 heterocycles. The molecule has 5 heteroatoms. The van der Waals surface area contributed by atoms with E-state index in [1.807, 2.05) is 19.1 Å². The van der Waals surface area contributed by atoms with Gasteiger partial charge < -0.3 is 0 Å². The first kappa shape index (κ1) is 16.3. The monoisotopic (exact) mass is 330 g/mol. The molecule has 2 aromatic carbocycles. The highest BCUT2D eigenvalue weighted by molar-refractivity contribution is 5.70. The number of alkyl halides is 3. The van der Waals surface area contributed by atoms with Crippen LogP contribution in [0.2, 0.25) is 0 Å². The Morgan fingerprint density at radius 1 is 0.958 bits per heavy atom. The van der Waals surface area contributed by atoms with Crippen LogP contribution in [0, 0.1) is 6.92 Å². The van der Waals surface area contributed by atoms with E-state index in [0.717, 1.165) is 12.0 Å². The number of hydrogen-bond donors (Lipinski definition) is 0. The zero-order valence-corrected chi connectivity index (χ0v) is 13.4. The van der Waals surface area contributed by atoms with Gasteiger partial charge in [0.05, 0.1) is 5.69 Å². The number of hydrogen-bond acceptors (Lipinski definition) is 1. The van der Waals surface area contributed by atoms with Gasteiger partial charge in [0.1, 0.15) is 0 Å². The van der Waals surface area contributed by atoms with Crippen molar-refractivity contribution in [1.82, 2.24) is 9.78 Å². The van der Waals surface area contributed by atoms with Crippen LogP contribution in [-0.2, 0) is 12.6 Å². The summed E-state index contributed by atoms with van der Waals surface area (Å²) >= 11 is 0. The van der Waals surface area contributed by atoms with Crippen molar-refractivity contribution >= 4 is 0 Å². The number of aryl methyl sites for hydroxylation is 1. The fourth-order valence-corrected chi connectivity index (χ4v) is 2.78. The second kappa shape index (κ2) is 6.15. The molecule has 0 amide bonds. The lowest BCUT2D eigenvalue weighted by Gasteiger charge is -2.07. The lowest BCUT2D eigenvalue weighted by atomic mass is 10.0. The van der Waals surface area contributed by atoms with Crippen molar-refractivity contribution < 1.29 is 13.2 Å². The zero-order valence-electron chi connectivity index (χ0n) is 13.4. The lowest BCUT2D eigenvalue weighted by molar-refractivity contribution is -0.140. The van der Waals surface area contributed by atoms with Crippen LogP contribution in [0.4, 0.5) is 13.2 Å². The van der Waals surface area contributed by atoms with E-state index in [1.165, 1.54) is 4.68 Å². The minimum atomic E-state index is -4.51. The van der Waals surface area contributed by atoms with Gasteiger partial charge in [-0.05, 0) is 36.6 Å². The smallest absolute Gasteiger partial charge is 0.237 e. The molecule has 0 saturated carbocycles. The van der Waals surface area contributed by atoms with Crippen molar-refractivity contribution in [3.63, 3.8) is 0 Å². The van der Waals surface area contributed by atoms with E-state index >= 15 is 0 Å². The van der Waals surface area contributed by atoms with Gasteiger partial charge >= 0.3 is 6.18 Å². The summed E-state index contributed by atoms with van der Waals surface area (Å²) in [4.78, 5) is 0. The van der Waals surface area contributed by atoms with Crippen molar-refractivity contribution in [2.75, 3.05) is 0 Å². The quantitative estimate of drug-likeness (QED) is 0.626. The Morgan fingerprint density at radius 2 is 1.58 bits per heavy atom. The maximum absolute atomic E-state index is 13.5. The molecular weight excluding hydrogens is 313 g/mol. The van der Waals surface area contributed by atoms with Gasteiger partial charge in [0.15, 0.2) is 5.69 Å². The maximum Gasteiger partial charge on any atom is 0.435 e. The summed E-state index contributed by atoms with van der Waals surface area (Å²) in [5, 5.41) is 3.87. The van der Waals surface area contributed by atoms with Crippen molar-refractivity contribution in [2.24, 2.45) is 0 Å². The van der Waals surface area contributed by atoms with Crippen LogP contribution in [0.5, 0.6) is 0 Å². The molecule has 0 spiro atoms. The van der Waals surface area contributed by atoms with E-state index in [0.29, 0.717) is 16.9 Å². The Morgan fingerprint density at radius 3 is 2.12 bits per heavy atom. The van der Waals surface area contributed by atoms with Gasteiger partial charge in [0, 0.05) is 11.3 Å². The highest BCUT2D eigenvalue weighted by Crippen LogP contribution is 2.39. The van der Waals surface area contributed by atoms with E-state index in [2.05, 4.69) is 5.10 Å². The first-order valence-corrected chi connectivity index (χ1v) is 7.73. The largest absolute Gasteiger partial charge is 0.435 e. The predicted octanol–water partition coefficient (Wildman–Crippen LogP) is 5.43. The average Bonchev–Trinajstić information content (AvgIpc) is 2.93. The van der Waals surface area contributed by atoms with Gasteiger partial charge in [-0.2, -0.15) is 18.3 Å². The van der Waals surface area contributed by atoms with E-state index in [4.69, 9.17) is 0 Å². The third kappa shape index (κ3) is 2.94. The van der Waals surface area contributed by atoms with E-state index in [1.54, 1.807) is 49.4 Å². The number of nitrogens with zero attached hydrogens (tertiary/aromatic N) is 2. The molecule has 0 aliphatic rings. The molecule has 0 atom stereocenters. The first-order chi connectivity index (χ1) is 11.4. The summed E-state index contributed by atoms with van der Waals surface area (Å²) in [6, 6.07) is 16.0. The number of aromatic nitrogens is 2. The number of benzene rings is 2. The summed E-state index contributed by atoms with van der Waals surface area (Å²) in [7, 11) is 0. The lowest BCUT2D eigenvalue weighted by Crippen LogP contribution is -2.08. The highest BCUT2D eigenvalue weighted by Gasteiger charge is 2.39. The topological polar surface area (TPSA) is 17.8 Å². The van der Waals surface area contributed by atoms with E-state index in [9.17, 15) is 13.2 Å². The summed E-state index contributed by atoms with van der Waals surface area (Å²) in [6.45, 7) is 3.70. The third-order valence-electron chi connectivity index (χ3n) is 4.04. The molecule has 2 nitrogen and oxygen atoms in total. The summed E-state index contributed by atoms with van der Waals surface area (Å²) in [5.74, 6) is 0. The molecule has 0 saturated heterocycles. The Bertz CT molecular complexity index is 832. The van der Waals surface area contributed by atoms with Crippen LogP contribution >= 0.6 is 0 Å². The molecule has 0 N–H and O–H groups in total. The molecule has 3 aromatic rings. The molecule has 0 bridgehead atoms. The standard InChI is InChI=1S/C19H17F3N2/c1-3-14-9-11-16(12-10-14)24-13(2)17(15-7-5-4-6-8-15)18(23-24)19(20,21)22/h4-12H,3H2,1-2H3. The third-order valence-corrected chi connectivity index (χ3v) is 4.04. The zero-order chi connectivity index (χ0) is 17.3. The van der Waals surface area contributed by atoms with Gasteiger partial charge in [-0.15, -0.1) is 0 Å². The minimum absolute atomic E-state index is 0.127. The van der Waals surface area contributed by atoms with Crippen molar-refractivity contribution in [1.29, 1.82) is 0 Å². The van der Waals surface area contributed by atoms with Gasteiger partial charge in [-0.25, -0.2) is 4.68 Å². The SMILES string of the molecule is CCc1ccc(-n2nc(C(F)(F)F)c(-c3ccccc3)c2C)cc1. The Labute approximate surface area is 138 Å². The fourth-order valence-electron chi connectivity index (χ4n) is 2.78. The van der Waals surface area contributed by atoms with Gasteiger partial charge in [-0.3, -0.25) is 0 Å². The molecule has 0 aliphatic carbocycles. The second-order valence-corrected chi connectivity index (χ2v) is 5.60.